The van der Waals surface area contributed by atoms with Gasteiger partial charge in [-0.05, 0) is 42.4 Å². The molecule has 1 aromatic rings. The van der Waals surface area contributed by atoms with E-state index in [1.807, 2.05) is 22.7 Å². The first kappa shape index (κ1) is 12.1. The zero-order valence-corrected chi connectivity index (χ0v) is 11.3. The molecule has 96 valence electrons. The quantitative estimate of drug-likeness (QED) is 0.837. The number of aryl methyl sites for hydroxylation is 1. The van der Waals surface area contributed by atoms with Gasteiger partial charge in [0.15, 0.2) is 0 Å². The van der Waals surface area contributed by atoms with Gasteiger partial charge in [0.2, 0.25) is 0 Å². The number of carbonyl (C=O) groups excluding carboxylic acids is 1. The summed E-state index contributed by atoms with van der Waals surface area (Å²) in [6.45, 7) is 3.47. The lowest BCUT2D eigenvalue weighted by Gasteiger charge is -2.28. The molecule has 2 heterocycles. The monoisotopic (exact) mass is 262 g/mol. The van der Waals surface area contributed by atoms with E-state index in [1.165, 1.54) is 22.6 Å². The van der Waals surface area contributed by atoms with E-state index in [2.05, 4.69) is 17.4 Å². The third-order valence-electron chi connectivity index (χ3n) is 3.56. The largest absolute Gasteiger partial charge is 0.336 e. The van der Waals surface area contributed by atoms with Crippen molar-refractivity contribution in [1.82, 2.24) is 10.2 Å². The molecule has 0 aromatic heterocycles. The van der Waals surface area contributed by atoms with Gasteiger partial charge in [-0.1, -0.05) is 0 Å². The summed E-state index contributed by atoms with van der Waals surface area (Å²) in [5.74, 6) is 1.40. The maximum Gasteiger partial charge on any atom is 0.253 e. The number of hydrogen-bond acceptors (Lipinski definition) is 3. The Balaban J connectivity index is 1.80. The van der Waals surface area contributed by atoms with E-state index in [0.29, 0.717) is 0 Å². The topological polar surface area (TPSA) is 32.3 Å². The summed E-state index contributed by atoms with van der Waals surface area (Å²) in [6.07, 6.45) is 2.34. The van der Waals surface area contributed by atoms with E-state index in [9.17, 15) is 4.79 Å². The fraction of sp³-hybridized carbons (Fsp3) is 0.500. The summed E-state index contributed by atoms with van der Waals surface area (Å²) in [5, 5.41) is 3.27. The highest BCUT2D eigenvalue weighted by molar-refractivity contribution is 7.99. The Morgan fingerprint density at radius 1 is 1.28 bits per heavy atom. The minimum absolute atomic E-state index is 0.190. The highest BCUT2D eigenvalue weighted by Crippen LogP contribution is 2.30. The SMILES string of the molecule is O=C(c1ccc2c(c1)CCCS2)N1CCNCC1. The lowest BCUT2D eigenvalue weighted by atomic mass is 10.1. The van der Waals surface area contributed by atoms with Gasteiger partial charge in [0.05, 0.1) is 0 Å². The molecule has 0 aliphatic carbocycles. The molecule has 0 atom stereocenters. The number of thioether (sulfide) groups is 1. The molecule has 0 bridgehead atoms. The minimum atomic E-state index is 0.190. The first-order valence-corrected chi connectivity index (χ1v) is 7.59. The zero-order chi connectivity index (χ0) is 12.4. The van der Waals surface area contributed by atoms with Gasteiger partial charge in [-0.3, -0.25) is 4.79 Å². The van der Waals surface area contributed by atoms with Gasteiger partial charge in [0.25, 0.3) is 5.91 Å². The normalized spacial score (nSPS) is 19.4. The summed E-state index contributed by atoms with van der Waals surface area (Å²) in [5.41, 5.74) is 2.21. The second-order valence-corrected chi connectivity index (χ2v) is 5.95. The molecule has 0 unspecified atom stereocenters. The van der Waals surface area contributed by atoms with Crippen molar-refractivity contribution < 1.29 is 4.79 Å². The van der Waals surface area contributed by atoms with Crippen LogP contribution in [0, 0.1) is 0 Å². The Bertz CT molecular complexity index is 455. The molecule has 3 nitrogen and oxygen atoms in total. The zero-order valence-electron chi connectivity index (χ0n) is 10.4. The molecule has 0 radical (unpaired) electrons. The van der Waals surface area contributed by atoms with Crippen LogP contribution in [0.3, 0.4) is 0 Å². The molecule has 1 saturated heterocycles. The van der Waals surface area contributed by atoms with Gasteiger partial charge < -0.3 is 10.2 Å². The molecular formula is C14H18N2OS. The van der Waals surface area contributed by atoms with Gasteiger partial charge in [-0.25, -0.2) is 0 Å². The van der Waals surface area contributed by atoms with Crippen LogP contribution in [-0.2, 0) is 6.42 Å². The molecule has 18 heavy (non-hydrogen) atoms. The van der Waals surface area contributed by atoms with Crippen LogP contribution in [0.15, 0.2) is 23.1 Å². The van der Waals surface area contributed by atoms with E-state index >= 15 is 0 Å². The number of amides is 1. The third kappa shape index (κ3) is 2.40. The fourth-order valence-electron chi connectivity index (χ4n) is 2.54. The Morgan fingerprint density at radius 2 is 2.11 bits per heavy atom. The number of fused-ring (bicyclic) bond motifs is 1. The second-order valence-electron chi connectivity index (χ2n) is 4.82. The van der Waals surface area contributed by atoms with Crippen molar-refractivity contribution in [3.05, 3.63) is 29.3 Å². The van der Waals surface area contributed by atoms with Crippen LogP contribution in [0.4, 0.5) is 0 Å². The molecule has 0 spiro atoms. The van der Waals surface area contributed by atoms with E-state index in [-0.39, 0.29) is 5.91 Å². The number of rotatable bonds is 1. The highest BCUT2D eigenvalue weighted by atomic mass is 32.2. The fourth-order valence-corrected chi connectivity index (χ4v) is 3.56. The lowest BCUT2D eigenvalue weighted by molar-refractivity contribution is 0.0735. The Hall–Kier alpha value is -1.00. The number of carbonyl (C=O) groups is 1. The number of piperazine rings is 1. The Kier molecular flexibility index (Phi) is 3.57. The Morgan fingerprint density at radius 3 is 2.94 bits per heavy atom. The van der Waals surface area contributed by atoms with Crippen molar-refractivity contribution in [2.45, 2.75) is 17.7 Å². The van der Waals surface area contributed by atoms with Crippen LogP contribution in [0.2, 0.25) is 0 Å². The van der Waals surface area contributed by atoms with Crippen LogP contribution in [-0.4, -0.2) is 42.7 Å². The van der Waals surface area contributed by atoms with Gasteiger partial charge in [-0.2, -0.15) is 0 Å². The molecule has 1 amide bonds. The van der Waals surface area contributed by atoms with E-state index in [1.54, 1.807) is 0 Å². The molecule has 4 heteroatoms. The third-order valence-corrected chi connectivity index (χ3v) is 4.76. The number of nitrogens with zero attached hydrogens (tertiary/aromatic N) is 1. The van der Waals surface area contributed by atoms with Gasteiger partial charge in [-0.15, -0.1) is 11.8 Å². The average molecular weight is 262 g/mol. The standard InChI is InChI=1S/C14H18N2OS/c17-14(16-7-5-15-6-8-16)12-3-4-13-11(10-12)2-1-9-18-13/h3-4,10,15H,1-2,5-9H2. The van der Waals surface area contributed by atoms with Gasteiger partial charge in [0, 0.05) is 36.6 Å². The second kappa shape index (κ2) is 5.33. The summed E-state index contributed by atoms with van der Waals surface area (Å²) in [4.78, 5) is 15.7. The minimum Gasteiger partial charge on any atom is -0.336 e. The lowest BCUT2D eigenvalue weighted by Crippen LogP contribution is -2.46. The van der Waals surface area contributed by atoms with E-state index in [0.717, 1.165) is 38.2 Å². The molecule has 2 aliphatic rings. The van der Waals surface area contributed by atoms with E-state index in [4.69, 9.17) is 0 Å². The van der Waals surface area contributed by atoms with Crippen molar-refractivity contribution in [3.8, 4) is 0 Å². The molecule has 0 saturated carbocycles. The van der Waals surface area contributed by atoms with Crippen molar-refractivity contribution in [2.24, 2.45) is 0 Å². The molecule has 2 aliphatic heterocycles. The smallest absolute Gasteiger partial charge is 0.253 e. The maximum atomic E-state index is 12.4. The van der Waals surface area contributed by atoms with Crippen LogP contribution in [0.5, 0.6) is 0 Å². The molecule has 1 aromatic carbocycles. The highest BCUT2D eigenvalue weighted by Gasteiger charge is 2.19. The number of hydrogen-bond donors (Lipinski definition) is 1. The number of nitrogens with one attached hydrogen (secondary N) is 1. The van der Waals surface area contributed by atoms with Crippen LogP contribution >= 0.6 is 11.8 Å². The first-order valence-electron chi connectivity index (χ1n) is 6.60. The first-order chi connectivity index (χ1) is 8.84. The predicted octanol–water partition coefficient (Wildman–Crippen LogP) is 1.77. The van der Waals surface area contributed by atoms with Crippen LogP contribution in [0.1, 0.15) is 22.3 Å². The average Bonchev–Trinajstić information content (AvgIpc) is 2.47. The van der Waals surface area contributed by atoms with Crippen molar-refractivity contribution in [1.29, 1.82) is 0 Å². The summed E-state index contributed by atoms with van der Waals surface area (Å²) < 4.78 is 0. The Labute approximate surface area is 112 Å². The maximum absolute atomic E-state index is 12.4. The summed E-state index contributed by atoms with van der Waals surface area (Å²) in [7, 11) is 0. The van der Waals surface area contributed by atoms with Gasteiger partial charge >= 0.3 is 0 Å². The summed E-state index contributed by atoms with van der Waals surface area (Å²) >= 11 is 1.91. The van der Waals surface area contributed by atoms with Crippen LogP contribution in [0.25, 0.3) is 0 Å². The molecule has 3 rings (SSSR count). The molecular weight excluding hydrogens is 244 g/mol. The predicted molar refractivity (Wildman–Crippen MR) is 74.3 cm³/mol. The van der Waals surface area contributed by atoms with Crippen molar-refractivity contribution >= 4 is 17.7 Å². The van der Waals surface area contributed by atoms with Crippen molar-refractivity contribution in [3.63, 3.8) is 0 Å². The number of benzene rings is 1. The van der Waals surface area contributed by atoms with Gasteiger partial charge in [0.1, 0.15) is 0 Å². The molecule has 1 fully saturated rings. The molecule has 1 N–H and O–H groups in total. The summed E-state index contributed by atoms with van der Waals surface area (Å²) in [6, 6.07) is 6.21. The van der Waals surface area contributed by atoms with Crippen molar-refractivity contribution in [2.75, 3.05) is 31.9 Å². The van der Waals surface area contributed by atoms with Crippen LogP contribution < -0.4 is 5.32 Å². The van der Waals surface area contributed by atoms with E-state index < -0.39 is 0 Å².